The zero-order valence-electron chi connectivity index (χ0n) is 23.0. The number of carbonyl (C=O) groups is 1. The van der Waals surface area contributed by atoms with Crippen LogP contribution in [-0.2, 0) is 16.1 Å². The van der Waals surface area contributed by atoms with Crippen molar-refractivity contribution in [2.75, 3.05) is 26.9 Å². The summed E-state index contributed by atoms with van der Waals surface area (Å²) in [6, 6.07) is 16.1. The molecule has 1 atom stereocenters. The molecule has 200 valence electrons. The number of methoxy groups -OCH3 is 1. The van der Waals surface area contributed by atoms with Crippen molar-refractivity contribution in [3.8, 4) is 17.6 Å². The van der Waals surface area contributed by atoms with Crippen LogP contribution in [0.1, 0.15) is 56.2 Å². The maximum absolute atomic E-state index is 13.6. The molecular weight excluding hydrogens is 478 g/mol. The Kier molecular flexibility index (Phi) is 8.13. The number of carbonyl (C=O) groups excluding carboxylic acids is 1. The minimum absolute atomic E-state index is 0.0431. The maximum atomic E-state index is 13.6. The summed E-state index contributed by atoms with van der Waals surface area (Å²) in [6.07, 6.45) is 1.10. The zero-order chi connectivity index (χ0) is 27.4. The molecule has 1 heterocycles. The fourth-order valence-corrected chi connectivity index (χ4v) is 5.28. The Hall–Kier alpha value is -3.76. The molecule has 0 aromatic heterocycles. The van der Waals surface area contributed by atoms with Gasteiger partial charge in [-0.15, -0.1) is 0 Å². The molecule has 2 aliphatic rings. The molecule has 4 rings (SSSR count). The predicted octanol–water partition coefficient (Wildman–Crippen LogP) is 5.36. The van der Waals surface area contributed by atoms with Crippen LogP contribution in [0.2, 0.25) is 0 Å². The van der Waals surface area contributed by atoms with Crippen LogP contribution in [0, 0.1) is 23.7 Å². The summed E-state index contributed by atoms with van der Waals surface area (Å²) in [5.74, 6) is 1.02. The lowest BCUT2D eigenvalue weighted by atomic mass is 9.68. The summed E-state index contributed by atoms with van der Waals surface area (Å²) < 4.78 is 17.4. The molecule has 38 heavy (non-hydrogen) atoms. The van der Waals surface area contributed by atoms with Crippen molar-refractivity contribution in [3.63, 3.8) is 0 Å². The van der Waals surface area contributed by atoms with Gasteiger partial charge in [0, 0.05) is 31.3 Å². The summed E-state index contributed by atoms with van der Waals surface area (Å²) in [5, 5.41) is 10.2. The first kappa shape index (κ1) is 27.3. The van der Waals surface area contributed by atoms with Gasteiger partial charge in [0.15, 0.2) is 17.3 Å². The number of aryl methyl sites for hydroxylation is 1. The third-order valence-electron chi connectivity index (χ3n) is 7.12. The lowest BCUT2D eigenvalue weighted by molar-refractivity contribution is -0.118. The number of nitrogens with two attached hydrogens (primary N) is 1. The monoisotopic (exact) mass is 515 g/mol. The molecule has 0 radical (unpaired) electrons. The molecule has 0 fully saturated rings. The Morgan fingerprint density at radius 1 is 1.11 bits per heavy atom. The summed E-state index contributed by atoms with van der Waals surface area (Å²) in [4.78, 5) is 15.5. The number of nitrogens with zero attached hydrogens (tertiary/aromatic N) is 2. The second-order valence-corrected chi connectivity index (χ2v) is 10.7. The first-order valence-corrected chi connectivity index (χ1v) is 13.1. The van der Waals surface area contributed by atoms with Gasteiger partial charge < -0.3 is 24.8 Å². The van der Waals surface area contributed by atoms with E-state index in [9.17, 15) is 10.1 Å². The highest BCUT2D eigenvalue weighted by Gasteiger charge is 2.44. The Morgan fingerprint density at radius 2 is 1.84 bits per heavy atom. The van der Waals surface area contributed by atoms with Crippen molar-refractivity contribution in [1.82, 2.24) is 4.90 Å². The van der Waals surface area contributed by atoms with E-state index in [4.69, 9.17) is 19.9 Å². The molecule has 0 bridgehead atoms. The number of allylic oxidation sites excluding steroid dienone is 3. The van der Waals surface area contributed by atoms with Crippen LogP contribution in [0.4, 0.5) is 0 Å². The van der Waals surface area contributed by atoms with E-state index in [0.29, 0.717) is 67.7 Å². The molecule has 7 nitrogen and oxygen atoms in total. The summed E-state index contributed by atoms with van der Waals surface area (Å²) in [5.41, 5.74) is 11.3. The van der Waals surface area contributed by atoms with Crippen LogP contribution in [0.25, 0.3) is 0 Å². The quantitative estimate of drug-likeness (QED) is 0.480. The second-order valence-electron chi connectivity index (χ2n) is 10.7. The second kappa shape index (κ2) is 11.3. The van der Waals surface area contributed by atoms with Gasteiger partial charge in [-0.2, -0.15) is 5.26 Å². The van der Waals surface area contributed by atoms with E-state index in [2.05, 4.69) is 32.0 Å². The van der Waals surface area contributed by atoms with E-state index in [-0.39, 0.29) is 11.2 Å². The Labute approximate surface area is 225 Å². The molecule has 7 heteroatoms. The van der Waals surface area contributed by atoms with Crippen LogP contribution >= 0.6 is 0 Å². The Balaban J connectivity index is 1.76. The lowest BCUT2D eigenvalue weighted by Crippen LogP contribution is -2.43. The first-order valence-electron chi connectivity index (χ1n) is 13.1. The summed E-state index contributed by atoms with van der Waals surface area (Å²) in [7, 11) is 1.63. The largest absolute Gasteiger partial charge is 0.490 e. The normalized spacial score (nSPS) is 18.8. The number of nitriles is 1. The van der Waals surface area contributed by atoms with Gasteiger partial charge in [0.2, 0.25) is 0 Å². The molecule has 0 saturated carbocycles. The highest BCUT2D eigenvalue weighted by molar-refractivity contribution is 6.00. The van der Waals surface area contributed by atoms with Gasteiger partial charge in [-0.3, -0.25) is 4.79 Å². The Morgan fingerprint density at radius 3 is 2.50 bits per heavy atom. The van der Waals surface area contributed by atoms with Crippen LogP contribution in [0.3, 0.4) is 0 Å². The molecule has 2 N–H and O–H groups in total. The number of ether oxygens (including phenoxy) is 3. The predicted molar refractivity (Wildman–Crippen MR) is 146 cm³/mol. The Bertz CT molecular complexity index is 1300. The van der Waals surface area contributed by atoms with E-state index in [0.717, 1.165) is 16.8 Å². The minimum Gasteiger partial charge on any atom is -0.490 e. The van der Waals surface area contributed by atoms with Crippen molar-refractivity contribution in [3.05, 3.63) is 81.8 Å². The molecule has 2 aromatic rings. The smallest absolute Gasteiger partial charge is 0.162 e. The molecule has 0 amide bonds. The third kappa shape index (κ3) is 5.56. The van der Waals surface area contributed by atoms with Gasteiger partial charge in [0.1, 0.15) is 12.4 Å². The highest BCUT2D eigenvalue weighted by Crippen LogP contribution is 2.49. The minimum atomic E-state index is -0.567. The number of Topliss-reactive ketones (excluding diaryl/α,β-unsaturated/α-hetero) is 1. The molecule has 1 aliphatic carbocycles. The number of benzene rings is 2. The van der Waals surface area contributed by atoms with Crippen molar-refractivity contribution in [2.45, 2.75) is 53.1 Å². The highest BCUT2D eigenvalue weighted by atomic mass is 16.5. The van der Waals surface area contributed by atoms with Crippen molar-refractivity contribution in [1.29, 1.82) is 5.26 Å². The maximum Gasteiger partial charge on any atom is 0.162 e. The van der Waals surface area contributed by atoms with E-state index < -0.39 is 5.92 Å². The average molecular weight is 516 g/mol. The first-order chi connectivity index (χ1) is 18.2. The molecule has 0 saturated heterocycles. The topological polar surface area (TPSA) is 97.8 Å². The zero-order valence-corrected chi connectivity index (χ0v) is 23.0. The van der Waals surface area contributed by atoms with Crippen molar-refractivity contribution in [2.24, 2.45) is 11.1 Å². The van der Waals surface area contributed by atoms with Gasteiger partial charge >= 0.3 is 0 Å². The average Bonchev–Trinajstić information content (AvgIpc) is 2.87. The molecule has 0 unspecified atom stereocenters. The molecular formula is C31H37N3O4. The van der Waals surface area contributed by atoms with E-state index in [1.165, 1.54) is 5.56 Å². The van der Waals surface area contributed by atoms with Gasteiger partial charge in [0.05, 0.1) is 30.8 Å². The van der Waals surface area contributed by atoms with Crippen LogP contribution in [-0.4, -0.2) is 37.6 Å². The van der Waals surface area contributed by atoms with Crippen molar-refractivity contribution < 1.29 is 19.0 Å². The summed E-state index contributed by atoms with van der Waals surface area (Å²) in [6.45, 7) is 9.89. The number of hydrogen-bond acceptors (Lipinski definition) is 7. The van der Waals surface area contributed by atoms with Gasteiger partial charge in [-0.05, 0) is 48.9 Å². The van der Waals surface area contributed by atoms with E-state index in [1.807, 2.05) is 49.1 Å². The van der Waals surface area contributed by atoms with Crippen molar-refractivity contribution >= 4 is 5.78 Å². The van der Waals surface area contributed by atoms with Gasteiger partial charge in [-0.1, -0.05) is 49.7 Å². The van der Waals surface area contributed by atoms with Gasteiger partial charge in [-0.25, -0.2) is 0 Å². The summed E-state index contributed by atoms with van der Waals surface area (Å²) >= 11 is 0. The standard InChI is InChI=1S/C31H37N3O4/c1-6-37-27-15-22(11-12-26(27)38-19-21-9-7-20(2)8-10-21)28-23(18-32)30(33)34(13-14-36-5)24-16-31(3,4)17-25(35)29(24)28/h7-12,15,28H,6,13-14,16-17,19,33H2,1-5H3/t28-/m0/s1. The number of ketones is 1. The van der Waals surface area contributed by atoms with Gasteiger partial charge in [0.25, 0.3) is 0 Å². The van der Waals surface area contributed by atoms with Crippen LogP contribution in [0.15, 0.2) is 65.1 Å². The molecule has 2 aromatic carbocycles. The number of hydrogen-bond donors (Lipinski definition) is 1. The fourth-order valence-electron chi connectivity index (χ4n) is 5.28. The van der Waals surface area contributed by atoms with E-state index >= 15 is 0 Å². The van der Waals surface area contributed by atoms with Crippen LogP contribution in [0.5, 0.6) is 11.5 Å². The number of rotatable bonds is 9. The molecule has 1 aliphatic heterocycles. The van der Waals surface area contributed by atoms with E-state index in [1.54, 1.807) is 7.11 Å². The van der Waals surface area contributed by atoms with Crippen LogP contribution < -0.4 is 15.2 Å². The third-order valence-corrected chi connectivity index (χ3v) is 7.12. The fraction of sp³-hybridized carbons (Fsp3) is 0.419. The molecule has 0 spiro atoms. The lowest BCUT2D eigenvalue weighted by Gasteiger charge is -2.43. The SMILES string of the molecule is CCOc1cc([C@H]2C(C#N)=C(N)N(CCOC)C3=C2C(=O)CC(C)(C)C3)ccc1OCc1ccc(C)cc1.